The molecule has 1 aliphatic rings. The number of hydrogen-bond acceptors (Lipinski definition) is 3. The molecule has 0 heterocycles. The Morgan fingerprint density at radius 2 is 2.12 bits per heavy atom. The van der Waals surface area contributed by atoms with Crippen molar-refractivity contribution in [1.29, 1.82) is 0 Å². The first-order valence-electron chi connectivity index (χ1n) is 4.99. The molecule has 0 spiro atoms. The molecule has 0 amide bonds. The molecule has 17 heavy (non-hydrogen) atoms. The van der Waals surface area contributed by atoms with E-state index in [1.807, 2.05) is 0 Å². The molecule has 2 unspecified atom stereocenters. The number of carboxylic acids is 1. The average molecular weight is 281 g/mol. The predicted molar refractivity (Wildman–Crippen MR) is 64.7 cm³/mol. The summed E-state index contributed by atoms with van der Waals surface area (Å²) in [6.45, 7) is 5.27. The second-order valence-corrected chi connectivity index (χ2v) is 5.71. The van der Waals surface area contributed by atoms with Gasteiger partial charge in [-0.15, -0.1) is 0 Å². The maximum Gasteiger partial charge on any atom is 0.315 e. The first-order valence-corrected chi connectivity index (χ1v) is 5.75. The molecule has 0 aliphatic heterocycles. The number of hydrogen-bond donors (Lipinski definition) is 1. The lowest BCUT2D eigenvalue weighted by atomic mass is 9.97. The van der Waals surface area contributed by atoms with Gasteiger partial charge in [0.25, 0.3) is 0 Å². The van der Waals surface area contributed by atoms with Crippen molar-refractivity contribution in [3.05, 3.63) is 23.3 Å². The number of halogens is 2. The Morgan fingerprint density at radius 1 is 1.53 bits per heavy atom. The molecule has 0 saturated heterocycles. The Balaban J connectivity index is 2.89. The smallest absolute Gasteiger partial charge is 0.315 e. The number of carboxylic acid groups (broad SMARTS) is 1. The monoisotopic (exact) mass is 280 g/mol. The summed E-state index contributed by atoms with van der Waals surface area (Å²) in [6.07, 6.45) is 4.13. The highest BCUT2D eigenvalue weighted by atomic mass is 35.5. The molecule has 4 nitrogen and oxygen atoms in total. The predicted octanol–water partition coefficient (Wildman–Crippen LogP) is 3.06. The Kier molecular flexibility index (Phi) is 4.25. The summed E-state index contributed by atoms with van der Waals surface area (Å²) >= 11 is 11.9. The number of allylic oxidation sites excluding steroid dienone is 2. The number of aliphatic carboxylic acids is 1. The van der Waals surface area contributed by atoms with Gasteiger partial charge in [0.05, 0.1) is 5.60 Å². The topological polar surface area (TPSA) is 55.8 Å². The zero-order chi connectivity index (χ0) is 13.3. The van der Waals surface area contributed by atoms with Gasteiger partial charge in [-0.25, -0.2) is 9.78 Å². The van der Waals surface area contributed by atoms with Crippen molar-refractivity contribution in [1.82, 2.24) is 0 Å². The van der Waals surface area contributed by atoms with E-state index < -0.39 is 22.5 Å². The minimum atomic E-state index is -1.63. The summed E-state index contributed by atoms with van der Waals surface area (Å²) in [7, 11) is 0. The fourth-order valence-corrected chi connectivity index (χ4v) is 1.77. The van der Waals surface area contributed by atoms with Gasteiger partial charge in [-0.1, -0.05) is 29.3 Å². The summed E-state index contributed by atoms with van der Waals surface area (Å²) in [5.74, 6) is -2.18. The van der Waals surface area contributed by atoms with Gasteiger partial charge >= 0.3 is 5.97 Å². The summed E-state index contributed by atoms with van der Waals surface area (Å²) in [5, 5.41) is 7.71. The fourth-order valence-electron chi connectivity index (χ4n) is 1.16. The third kappa shape index (κ3) is 4.00. The zero-order valence-corrected chi connectivity index (χ0v) is 11.2. The SMILES string of the molecule is CC(C)(C)OOC1(Cl)C=C(Cl)C=CC1C(=O)O. The maximum atomic E-state index is 11.1. The number of carbonyl (C=O) groups is 1. The van der Waals surface area contributed by atoms with Crippen molar-refractivity contribution in [2.45, 2.75) is 31.4 Å². The number of rotatable bonds is 3. The van der Waals surface area contributed by atoms with Crippen LogP contribution in [0.1, 0.15) is 20.8 Å². The molecule has 6 heteroatoms. The molecule has 0 aromatic heterocycles. The van der Waals surface area contributed by atoms with E-state index in [4.69, 9.17) is 38.1 Å². The Hall–Kier alpha value is -0.550. The average Bonchev–Trinajstić information content (AvgIpc) is 2.13. The largest absolute Gasteiger partial charge is 0.481 e. The minimum Gasteiger partial charge on any atom is -0.481 e. The Morgan fingerprint density at radius 3 is 2.59 bits per heavy atom. The van der Waals surface area contributed by atoms with Crippen LogP contribution < -0.4 is 0 Å². The van der Waals surface area contributed by atoms with Crippen LogP contribution in [0.2, 0.25) is 0 Å². The number of alkyl halides is 1. The molecule has 2 atom stereocenters. The van der Waals surface area contributed by atoms with E-state index in [1.54, 1.807) is 20.8 Å². The molecule has 0 fully saturated rings. The Labute approximate surface area is 110 Å². The van der Waals surface area contributed by atoms with E-state index in [0.717, 1.165) is 0 Å². The molecule has 96 valence electrons. The van der Waals surface area contributed by atoms with Crippen LogP contribution in [-0.4, -0.2) is 21.7 Å². The Bertz CT molecular complexity index is 370. The molecule has 1 N–H and O–H groups in total. The van der Waals surface area contributed by atoms with E-state index in [9.17, 15) is 4.79 Å². The quantitative estimate of drug-likeness (QED) is 0.490. The standard InChI is InChI=1S/C11H14Cl2O4/c1-10(2,3)16-17-11(13)6-7(12)4-5-8(11)9(14)15/h4-6,8H,1-3H3,(H,14,15). The van der Waals surface area contributed by atoms with Crippen molar-refractivity contribution >= 4 is 29.2 Å². The van der Waals surface area contributed by atoms with Gasteiger partial charge in [0, 0.05) is 5.03 Å². The van der Waals surface area contributed by atoms with Gasteiger partial charge in [-0.2, -0.15) is 0 Å². The van der Waals surface area contributed by atoms with Crippen LogP contribution in [0.5, 0.6) is 0 Å². The van der Waals surface area contributed by atoms with E-state index in [0.29, 0.717) is 5.03 Å². The van der Waals surface area contributed by atoms with Crippen molar-refractivity contribution in [2.24, 2.45) is 5.92 Å². The lowest BCUT2D eigenvalue weighted by molar-refractivity contribution is -0.379. The second kappa shape index (κ2) is 4.98. The molecular formula is C11H14Cl2O4. The third-order valence-corrected chi connectivity index (χ3v) is 2.53. The molecular weight excluding hydrogens is 267 g/mol. The fraction of sp³-hybridized carbons (Fsp3) is 0.545. The molecule has 0 aromatic rings. The van der Waals surface area contributed by atoms with Crippen LogP contribution in [0, 0.1) is 5.92 Å². The molecule has 1 rings (SSSR count). The van der Waals surface area contributed by atoms with Crippen LogP contribution in [0.15, 0.2) is 23.3 Å². The normalized spacial score (nSPS) is 29.0. The van der Waals surface area contributed by atoms with E-state index >= 15 is 0 Å². The van der Waals surface area contributed by atoms with Gasteiger partial charge in [-0.3, -0.25) is 4.79 Å². The molecule has 0 saturated carbocycles. The van der Waals surface area contributed by atoms with Gasteiger partial charge in [0.2, 0.25) is 5.06 Å². The van der Waals surface area contributed by atoms with Crippen LogP contribution in [0.4, 0.5) is 0 Å². The van der Waals surface area contributed by atoms with Gasteiger partial charge in [-0.05, 0) is 32.9 Å². The highest BCUT2D eigenvalue weighted by Gasteiger charge is 2.44. The molecule has 0 radical (unpaired) electrons. The third-order valence-electron chi connectivity index (χ3n) is 1.89. The summed E-state index contributed by atoms with van der Waals surface area (Å²) in [6, 6.07) is 0. The van der Waals surface area contributed by atoms with Crippen molar-refractivity contribution in [3.63, 3.8) is 0 Å². The van der Waals surface area contributed by atoms with Crippen LogP contribution in [0.3, 0.4) is 0 Å². The van der Waals surface area contributed by atoms with E-state index in [1.165, 1.54) is 18.2 Å². The summed E-state index contributed by atoms with van der Waals surface area (Å²) in [5.41, 5.74) is -0.605. The van der Waals surface area contributed by atoms with Crippen LogP contribution in [-0.2, 0) is 14.6 Å². The lowest BCUT2D eigenvalue weighted by Gasteiger charge is -2.32. The van der Waals surface area contributed by atoms with Crippen molar-refractivity contribution in [2.75, 3.05) is 0 Å². The summed E-state index contributed by atoms with van der Waals surface area (Å²) < 4.78 is 0. The van der Waals surface area contributed by atoms with E-state index in [2.05, 4.69) is 0 Å². The van der Waals surface area contributed by atoms with Gasteiger partial charge in [0.15, 0.2) is 0 Å². The molecule has 0 bridgehead atoms. The minimum absolute atomic E-state index is 0.301. The van der Waals surface area contributed by atoms with Gasteiger partial charge < -0.3 is 5.11 Å². The zero-order valence-electron chi connectivity index (χ0n) is 9.74. The molecule has 1 aliphatic carbocycles. The van der Waals surface area contributed by atoms with Crippen molar-refractivity contribution < 1.29 is 19.7 Å². The highest BCUT2D eigenvalue weighted by molar-refractivity contribution is 6.33. The van der Waals surface area contributed by atoms with Crippen molar-refractivity contribution in [3.8, 4) is 0 Å². The summed E-state index contributed by atoms with van der Waals surface area (Å²) in [4.78, 5) is 21.2. The second-order valence-electron chi connectivity index (χ2n) is 4.68. The van der Waals surface area contributed by atoms with E-state index in [-0.39, 0.29) is 0 Å². The first-order chi connectivity index (χ1) is 7.64. The van der Waals surface area contributed by atoms with Gasteiger partial charge in [0.1, 0.15) is 5.92 Å². The van der Waals surface area contributed by atoms with Crippen LogP contribution in [0.25, 0.3) is 0 Å². The maximum absolute atomic E-state index is 11.1. The first kappa shape index (κ1) is 14.5. The lowest BCUT2D eigenvalue weighted by Crippen LogP contribution is -2.40. The molecule has 0 aromatic carbocycles. The van der Waals surface area contributed by atoms with Crippen LogP contribution >= 0.6 is 23.2 Å². The highest BCUT2D eigenvalue weighted by Crippen LogP contribution is 2.37.